The molecule has 0 saturated carbocycles. The van der Waals surface area contributed by atoms with Gasteiger partial charge in [-0.2, -0.15) is 0 Å². The molecule has 0 amide bonds. The van der Waals surface area contributed by atoms with Crippen molar-refractivity contribution in [3.05, 3.63) is 60.4 Å². The van der Waals surface area contributed by atoms with Crippen molar-refractivity contribution in [2.45, 2.75) is 24.3 Å². The van der Waals surface area contributed by atoms with Gasteiger partial charge in [0.15, 0.2) is 0 Å². The summed E-state index contributed by atoms with van der Waals surface area (Å²) >= 11 is 0. The van der Waals surface area contributed by atoms with Crippen LogP contribution in [0.4, 0.5) is 0 Å². The van der Waals surface area contributed by atoms with Crippen molar-refractivity contribution in [3.8, 4) is 5.75 Å². The Hall–Kier alpha value is -2.31. The van der Waals surface area contributed by atoms with E-state index in [2.05, 4.69) is 4.72 Å². The van der Waals surface area contributed by atoms with Gasteiger partial charge in [0.1, 0.15) is 22.0 Å². The third kappa shape index (κ3) is 3.44. The molecule has 0 spiro atoms. The first-order valence-corrected chi connectivity index (χ1v) is 9.11. The van der Waals surface area contributed by atoms with Gasteiger partial charge in [0.2, 0.25) is 10.0 Å². The lowest BCUT2D eigenvalue weighted by atomic mass is 10.2. The lowest BCUT2D eigenvalue weighted by Gasteiger charge is -2.15. The minimum absolute atomic E-state index is 0.129. The fraction of sp³-hybridized carbons (Fsp3) is 0.222. The summed E-state index contributed by atoms with van der Waals surface area (Å²) in [6.45, 7) is 1.81. The van der Waals surface area contributed by atoms with Gasteiger partial charge in [-0.1, -0.05) is 30.3 Å². The minimum atomic E-state index is -3.67. The molecule has 5 nitrogen and oxygen atoms in total. The Morgan fingerprint density at radius 2 is 1.83 bits per heavy atom. The van der Waals surface area contributed by atoms with Gasteiger partial charge < -0.3 is 9.15 Å². The highest BCUT2D eigenvalue weighted by Crippen LogP contribution is 2.24. The predicted molar refractivity (Wildman–Crippen MR) is 92.7 cm³/mol. The van der Waals surface area contributed by atoms with Crippen LogP contribution in [0.3, 0.4) is 0 Å². The summed E-state index contributed by atoms with van der Waals surface area (Å²) in [4.78, 5) is 0.129. The quantitative estimate of drug-likeness (QED) is 0.744. The van der Waals surface area contributed by atoms with Gasteiger partial charge in [-0.3, -0.25) is 0 Å². The molecule has 3 rings (SSSR count). The van der Waals surface area contributed by atoms with Crippen molar-refractivity contribution in [1.29, 1.82) is 0 Å². The van der Waals surface area contributed by atoms with Crippen LogP contribution in [0.15, 0.2) is 63.9 Å². The standard InChI is InChI=1S/C18H19NO4S/c1-13(11-15-12-14-7-3-4-8-16(14)23-15)19-24(20,21)18-10-6-5-9-17(18)22-2/h3-10,12-13,19H,11H2,1-2H3. The summed E-state index contributed by atoms with van der Waals surface area (Å²) in [6, 6.07) is 15.9. The van der Waals surface area contributed by atoms with Crippen molar-refractivity contribution >= 4 is 21.0 Å². The van der Waals surface area contributed by atoms with E-state index < -0.39 is 10.0 Å². The number of hydrogen-bond acceptors (Lipinski definition) is 4. The number of sulfonamides is 1. The van der Waals surface area contributed by atoms with Crippen LogP contribution in [0.2, 0.25) is 0 Å². The molecule has 0 aliphatic rings. The third-order valence-electron chi connectivity index (χ3n) is 3.70. The second-order valence-electron chi connectivity index (χ2n) is 5.63. The molecule has 3 aromatic rings. The molecule has 0 fully saturated rings. The smallest absolute Gasteiger partial charge is 0.244 e. The van der Waals surface area contributed by atoms with E-state index in [1.165, 1.54) is 13.2 Å². The number of nitrogens with one attached hydrogen (secondary N) is 1. The molecule has 0 aliphatic carbocycles. The van der Waals surface area contributed by atoms with Gasteiger partial charge in [-0.25, -0.2) is 13.1 Å². The molecule has 0 radical (unpaired) electrons. The number of hydrogen-bond donors (Lipinski definition) is 1. The number of ether oxygens (including phenoxy) is 1. The van der Waals surface area contributed by atoms with E-state index in [0.29, 0.717) is 12.2 Å². The van der Waals surface area contributed by atoms with E-state index in [9.17, 15) is 8.42 Å². The van der Waals surface area contributed by atoms with Crippen LogP contribution in [0.1, 0.15) is 12.7 Å². The molecule has 1 N–H and O–H groups in total. The summed E-state index contributed by atoms with van der Waals surface area (Å²) in [5, 5.41) is 1.01. The molecule has 1 atom stereocenters. The molecule has 0 aliphatic heterocycles. The first-order valence-electron chi connectivity index (χ1n) is 7.62. The zero-order valence-corrected chi connectivity index (χ0v) is 14.3. The monoisotopic (exact) mass is 345 g/mol. The first-order chi connectivity index (χ1) is 11.5. The summed E-state index contributed by atoms with van der Waals surface area (Å²) in [6.07, 6.45) is 0.461. The van der Waals surface area contributed by atoms with Crippen molar-refractivity contribution in [3.63, 3.8) is 0 Å². The fourth-order valence-corrected chi connectivity index (χ4v) is 4.06. The molecular formula is C18H19NO4S. The van der Waals surface area contributed by atoms with Gasteiger partial charge in [0.05, 0.1) is 7.11 Å². The largest absolute Gasteiger partial charge is 0.495 e. The van der Waals surface area contributed by atoms with Crippen molar-refractivity contribution in [1.82, 2.24) is 4.72 Å². The molecule has 24 heavy (non-hydrogen) atoms. The zero-order chi connectivity index (χ0) is 17.2. The number of furan rings is 1. The van der Waals surface area contributed by atoms with Crippen LogP contribution in [-0.2, 0) is 16.4 Å². The van der Waals surface area contributed by atoms with Crippen LogP contribution in [0, 0.1) is 0 Å². The van der Waals surface area contributed by atoms with Crippen LogP contribution in [-0.4, -0.2) is 21.6 Å². The number of para-hydroxylation sites is 2. The average Bonchev–Trinajstić information content (AvgIpc) is 2.96. The summed E-state index contributed by atoms with van der Waals surface area (Å²) < 4.78 is 38.7. The van der Waals surface area contributed by atoms with Crippen LogP contribution >= 0.6 is 0 Å². The predicted octanol–water partition coefficient (Wildman–Crippen LogP) is 3.35. The summed E-state index contributed by atoms with van der Waals surface area (Å²) in [5.74, 6) is 1.06. The molecule has 1 heterocycles. The van der Waals surface area contributed by atoms with Crippen LogP contribution in [0.25, 0.3) is 11.0 Å². The summed E-state index contributed by atoms with van der Waals surface area (Å²) in [5.41, 5.74) is 0.798. The van der Waals surface area contributed by atoms with E-state index in [-0.39, 0.29) is 10.9 Å². The minimum Gasteiger partial charge on any atom is -0.495 e. The van der Waals surface area contributed by atoms with Crippen LogP contribution in [0.5, 0.6) is 5.75 Å². The van der Waals surface area contributed by atoms with E-state index in [0.717, 1.165) is 16.7 Å². The fourth-order valence-electron chi connectivity index (χ4n) is 2.65. The lowest BCUT2D eigenvalue weighted by molar-refractivity contribution is 0.402. The third-order valence-corrected chi connectivity index (χ3v) is 5.33. The second kappa shape index (κ2) is 6.67. The van der Waals surface area contributed by atoms with E-state index in [4.69, 9.17) is 9.15 Å². The van der Waals surface area contributed by atoms with E-state index in [1.807, 2.05) is 30.3 Å². The van der Waals surface area contributed by atoms with E-state index in [1.54, 1.807) is 25.1 Å². The molecule has 126 valence electrons. The maximum Gasteiger partial charge on any atom is 0.244 e. The highest BCUT2D eigenvalue weighted by molar-refractivity contribution is 7.89. The van der Waals surface area contributed by atoms with Gasteiger partial charge >= 0.3 is 0 Å². The lowest BCUT2D eigenvalue weighted by Crippen LogP contribution is -2.34. The maximum atomic E-state index is 12.6. The molecule has 0 bridgehead atoms. The Morgan fingerprint density at radius 3 is 2.58 bits per heavy atom. The number of fused-ring (bicyclic) bond motifs is 1. The van der Waals surface area contributed by atoms with Crippen molar-refractivity contribution < 1.29 is 17.6 Å². The Bertz CT molecular complexity index is 913. The zero-order valence-electron chi connectivity index (χ0n) is 13.5. The number of rotatable bonds is 6. The molecule has 1 unspecified atom stereocenters. The van der Waals surface area contributed by atoms with Crippen LogP contribution < -0.4 is 9.46 Å². The molecule has 6 heteroatoms. The van der Waals surface area contributed by atoms with Gasteiger partial charge in [0.25, 0.3) is 0 Å². The molecule has 2 aromatic carbocycles. The topological polar surface area (TPSA) is 68.5 Å². The highest BCUT2D eigenvalue weighted by atomic mass is 32.2. The Balaban J connectivity index is 1.77. The SMILES string of the molecule is COc1ccccc1S(=O)(=O)NC(C)Cc1cc2ccccc2o1. The van der Waals surface area contributed by atoms with Gasteiger partial charge in [0, 0.05) is 17.8 Å². The van der Waals surface area contributed by atoms with E-state index >= 15 is 0 Å². The summed E-state index contributed by atoms with van der Waals surface area (Å²) in [7, 11) is -2.22. The molecule has 1 aromatic heterocycles. The average molecular weight is 345 g/mol. The maximum absolute atomic E-state index is 12.6. The Kier molecular flexibility index (Phi) is 4.59. The van der Waals surface area contributed by atoms with Gasteiger partial charge in [-0.15, -0.1) is 0 Å². The number of methoxy groups -OCH3 is 1. The second-order valence-corrected chi connectivity index (χ2v) is 7.31. The highest BCUT2D eigenvalue weighted by Gasteiger charge is 2.22. The molecular weight excluding hydrogens is 326 g/mol. The normalized spacial score (nSPS) is 13.1. The van der Waals surface area contributed by atoms with Crippen molar-refractivity contribution in [2.24, 2.45) is 0 Å². The Labute approximate surface area is 141 Å². The number of benzene rings is 2. The first kappa shape index (κ1) is 16.5. The molecule has 0 saturated heterocycles. The van der Waals surface area contributed by atoms with Crippen molar-refractivity contribution in [2.75, 3.05) is 7.11 Å². The van der Waals surface area contributed by atoms with Gasteiger partial charge in [-0.05, 0) is 31.2 Å². The Morgan fingerprint density at radius 1 is 1.12 bits per heavy atom.